The number of benzene rings is 1. The molecule has 4 aromatic rings. The number of ether oxygens (including phenoxy) is 2. The average molecular weight is 399 g/mol. The molecule has 0 fully saturated rings. The van der Waals surface area contributed by atoms with Gasteiger partial charge in [-0.1, -0.05) is 6.92 Å². The Balaban J connectivity index is 1.95. The van der Waals surface area contributed by atoms with E-state index in [1.807, 2.05) is 13.0 Å². The largest absolute Gasteiger partial charge is 0.515 e. The van der Waals surface area contributed by atoms with Crippen molar-refractivity contribution < 1.29 is 28.9 Å². The van der Waals surface area contributed by atoms with Gasteiger partial charge in [0.25, 0.3) is 0 Å². The molecule has 29 heavy (non-hydrogen) atoms. The minimum absolute atomic E-state index is 0.0356. The summed E-state index contributed by atoms with van der Waals surface area (Å²) in [5.74, 6) is 0.205. The van der Waals surface area contributed by atoms with Crippen LogP contribution in [0.1, 0.15) is 38.3 Å². The van der Waals surface area contributed by atoms with E-state index in [1.54, 1.807) is 26.1 Å². The number of aromatic amines is 1. The fraction of sp³-hybridized carbons (Fsp3) is 0.350. The quantitative estimate of drug-likeness (QED) is 0.435. The monoisotopic (exact) mass is 399 g/mol. The van der Waals surface area contributed by atoms with Gasteiger partial charge in [-0.05, 0) is 32.4 Å². The fourth-order valence-corrected chi connectivity index (χ4v) is 3.36. The summed E-state index contributed by atoms with van der Waals surface area (Å²) in [7, 11) is 0. The van der Waals surface area contributed by atoms with Gasteiger partial charge in [0.05, 0.1) is 24.4 Å². The highest BCUT2D eigenvalue weighted by Crippen LogP contribution is 2.37. The number of rotatable bonds is 5. The number of nitrogens with one attached hydrogen (secondary N) is 1. The summed E-state index contributed by atoms with van der Waals surface area (Å²) in [6.45, 7) is 4.90. The van der Waals surface area contributed by atoms with Gasteiger partial charge >= 0.3 is 6.16 Å². The van der Waals surface area contributed by atoms with Gasteiger partial charge in [-0.3, -0.25) is 0 Å². The summed E-state index contributed by atoms with van der Waals surface area (Å²) in [5, 5.41) is 20.6. The van der Waals surface area contributed by atoms with Crippen LogP contribution in [0, 0.1) is 0 Å². The van der Waals surface area contributed by atoms with Gasteiger partial charge in [0.1, 0.15) is 5.52 Å². The molecule has 0 amide bonds. The molecule has 0 bridgehead atoms. The predicted octanol–water partition coefficient (Wildman–Crippen LogP) is 3.37. The van der Waals surface area contributed by atoms with Crippen molar-refractivity contribution in [2.24, 2.45) is 0 Å². The number of hydrogen-bond acceptors (Lipinski definition) is 8. The fourth-order valence-electron chi connectivity index (χ4n) is 3.36. The van der Waals surface area contributed by atoms with Crippen LogP contribution in [0.4, 0.5) is 4.79 Å². The van der Waals surface area contributed by atoms with Crippen molar-refractivity contribution in [3.05, 3.63) is 29.8 Å². The first kappa shape index (κ1) is 19.2. The Bertz CT molecular complexity index is 1210. The van der Waals surface area contributed by atoms with Crippen molar-refractivity contribution in [2.45, 2.75) is 39.4 Å². The first-order valence-electron chi connectivity index (χ1n) is 9.33. The van der Waals surface area contributed by atoms with E-state index in [0.29, 0.717) is 23.1 Å². The molecule has 9 heteroatoms. The summed E-state index contributed by atoms with van der Waals surface area (Å²) in [4.78, 5) is 23.9. The molecular formula is C20H21N3O6. The maximum absolute atomic E-state index is 12.0. The molecule has 0 aliphatic heterocycles. The minimum Gasteiger partial charge on any atom is -0.438 e. The van der Waals surface area contributed by atoms with Gasteiger partial charge < -0.3 is 29.1 Å². The minimum atomic E-state index is -1.21. The van der Waals surface area contributed by atoms with Crippen molar-refractivity contribution in [2.75, 3.05) is 6.61 Å². The number of aliphatic hydroxyl groups is 2. The SMILES string of the molecule is CCc1c(OC(=O)OC(C)C)ncc2[nH]c3ccc4oc(C(O)CO)nc4c3c12. The van der Waals surface area contributed by atoms with Crippen molar-refractivity contribution >= 4 is 39.1 Å². The highest BCUT2D eigenvalue weighted by atomic mass is 16.7. The van der Waals surface area contributed by atoms with Crippen LogP contribution in [-0.2, 0) is 11.2 Å². The van der Waals surface area contributed by atoms with E-state index >= 15 is 0 Å². The zero-order valence-corrected chi connectivity index (χ0v) is 16.2. The third kappa shape index (κ3) is 3.28. The van der Waals surface area contributed by atoms with E-state index in [1.165, 1.54) is 0 Å². The zero-order chi connectivity index (χ0) is 20.7. The number of carbonyl (C=O) groups excluding carboxylic acids is 1. The van der Waals surface area contributed by atoms with Crippen LogP contribution in [0.3, 0.4) is 0 Å². The Labute approximate surface area is 165 Å². The Morgan fingerprint density at radius 1 is 1.28 bits per heavy atom. The van der Waals surface area contributed by atoms with Gasteiger partial charge in [0, 0.05) is 21.9 Å². The lowest BCUT2D eigenvalue weighted by Gasteiger charge is -2.11. The lowest BCUT2D eigenvalue weighted by atomic mass is 10.1. The third-order valence-corrected chi connectivity index (χ3v) is 4.56. The second kappa shape index (κ2) is 7.34. The number of oxazole rings is 1. The lowest BCUT2D eigenvalue weighted by Crippen LogP contribution is -2.17. The average Bonchev–Trinajstić information content (AvgIpc) is 3.27. The van der Waals surface area contributed by atoms with Crippen LogP contribution >= 0.6 is 0 Å². The summed E-state index contributed by atoms with van der Waals surface area (Å²) in [6.07, 6.45) is -0.208. The highest BCUT2D eigenvalue weighted by Gasteiger charge is 2.22. The summed E-state index contributed by atoms with van der Waals surface area (Å²) < 4.78 is 16.0. The van der Waals surface area contributed by atoms with Crippen molar-refractivity contribution in [1.82, 2.24) is 15.0 Å². The molecule has 3 N–H and O–H groups in total. The van der Waals surface area contributed by atoms with Gasteiger partial charge in [0.15, 0.2) is 11.7 Å². The second-order valence-corrected chi connectivity index (χ2v) is 6.91. The highest BCUT2D eigenvalue weighted by molar-refractivity contribution is 6.19. The molecule has 1 aromatic carbocycles. The van der Waals surface area contributed by atoms with E-state index in [2.05, 4.69) is 15.0 Å². The molecule has 4 rings (SSSR count). The van der Waals surface area contributed by atoms with Crippen molar-refractivity contribution in [3.8, 4) is 5.88 Å². The van der Waals surface area contributed by atoms with Crippen LogP contribution in [-0.4, -0.2) is 44.0 Å². The molecular weight excluding hydrogens is 378 g/mol. The number of hydrogen-bond donors (Lipinski definition) is 3. The number of fused-ring (bicyclic) bond motifs is 5. The van der Waals surface area contributed by atoms with Gasteiger partial charge in [-0.2, -0.15) is 0 Å². The molecule has 3 heterocycles. The topological polar surface area (TPSA) is 131 Å². The molecule has 0 spiro atoms. The summed E-state index contributed by atoms with van der Waals surface area (Å²) in [5.41, 5.74) is 3.27. The lowest BCUT2D eigenvalue weighted by molar-refractivity contribution is 0.0713. The molecule has 1 unspecified atom stereocenters. The smallest absolute Gasteiger partial charge is 0.438 e. The number of H-pyrrole nitrogens is 1. The predicted molar refractivity (Wildman–Crippen MR) is 105 cm³/mol. The van der Waals surface area contributed by atoms with Gasteiger partial charge in [-0.25, -0.2) is 14.8 Å². The first-order valence-corrected chi connectivity index (χ1v) is 9.33. The third-order valence-electron chi connectivity index (χ3n) is 4.56. The van der Waals surface area contributed by atoms with Crippen LogP contribution in [0.15, 0.2) is 22.7 Å². The van der Waals surface area contributed by atoms with Gasteiger partial charge in [0.2, 0.25) is 11.8 Å². The van der Waals surface area contributed by atoms with Crippen LogP contribution in [0.2, 0.25) is 0 Å². The molecule has 0 aliphatic rings. The molecule has 0 aliphatic carbocycles. The number of carbonyl (C=O) groups is 1. The molecule has 1 atom stereocenters. The van der Waals surface area contributed by atoms with Crippen molar-refractivity contribution in [1.29, 1.82) is 0 Å². The second-order valence-electron chi connectivity index (χ2n) is 6.91. The van der Waals surface area contributed by atoms with Gasteiger partial charge in [-0.15, -0.1) is 0 Å². The van der Waals surface area contributed by atoms with E-state index in [4.69, 9.17) is 13.9 Å². The first-order chi connectivity index (χ1) is 13.9. The Hall–Kier alpha value is -3.17. The Kier molecular flexibility index (Phi) is 4.85. The molecule has 0 saturated carbocycles. The standard InChI is InChI=1S/C20H21N3O6/c1-4-10-15-12(7-21-18(10)29-20(26)27-9(2)3)22-11-5-6-14-17(16(11)15)23-19(28-14)13(25)8-24/h5-7,9,13,22,24-25H,4,8H2,1-3H3. The number of nitrogens with zero attached hydrogens (tertiary/aromatic N) is 2. The number of aliphatic hydroxyl groups excluding tert-OH is 2. The summed E-state index contributed by atoms with van der Waals surface area (Å²) in [6, 6.07) is 3.58. The normalized spacial score (nSPS) is 12.9. The number of aromatic nitrogens is 3. The van der Waals surface area contributed by atoms with E-state index < -0.39 is 18.9 Å². The molecule has 0 saturated heterocycles. The molecule has 3 aromatic heterocycles. The van der Waals surface area contributed by atoms with Crippen LogP contribution in [0.5, 0.6) is 5.88 Å². The van der Waals surface area contributed by atoms with Crippen LogP contribution in [0.25, 0.3) is 32.9 Å². The Morgan fingerprint density at radius 3 is 2.76 bits per heavy atom. The number of aryl methyl sites for hydroxylation is 1. The van der Waals surface area contributed by atoms with E-state index in [9.17, 15) is 15.0 Å². The molecule has 9 nitrogen and oxygen atoms in total. The van der Waals surface area contributed by atoms with Crippen molar-refractivity contribution in [3.63, 3.8) is 0 Å². The maximum atomic E-state index is 12.0. The summed E-state index contributed by atoms with van der Waals surface area (Å²) >= 11 is 0. The molecule has 152 valence electrons. The van der Waals surface area contributed by atoms with E-state index in [0.717, 1.165) is 21.8 Å². The molecule has 0 radical (unpaired) electrons. The van der Waals surface area contributed by atoms with Crippen LogP contribution < -0.4 is 4.74 Å². The zero-order valence-electron chi connectivity index (χ0n) is 16.2. The Morgan fingerprint density at radius 2 is 2.07 bits per heavy atom. The number of pyridine rings is 1. The maximum Gasteiger partial charge on any atom is 0.515 e. The van der Waals surface area contributed by atoms with E-state index in [-0.39, 0.29) is 17.9 Å².